The first-order valence-corrected chi connectivity index (χ1v) is 11.3. The Labute approximate surface area is 175 Å². The zero-order valence-electron chi connectivity index (χ0n) is 18.0. The molecular weight excluding hydrogens is 384 g/mol. The predicted molar refractivity (Wildman–Crippen MR) is 116 cm³/mol. The first-order valence-electron chi connectivity index (χ1n) is 10.5. The van der Waals surface area contributed by atoms with Crippen molar-refractivity contribution in [1.82, 2.24) is 24.9 Å². The van der Waals surface area contributed by atoms with Gasteiger partial charge in [0.25, 0.3) is 5.91 Å². The summed E-state index contributed by atoms with van der Waals surface area (Å²) in [6.45, 7) is 8.64. The average Bonchev–Trinajstić information content (AvgIpc) is 3.24. The summed E-state index contributed by atoms with van der Waals surface area (Å²) in [5.41, 5.74) is 2.42. The highest BCUT2D eigenvalue weighted by atomic mass is 32.1. The van der Waals surface area contributed by atoms with Crippen LogP contribution in [0, 0.1) is 11.3 Å². The molecule has 3 heterocycles. The Kier molecular flexibility index (Phi) is 5.33. The summed E-state index contributed by atoms with van der Waals surface area (Å²) >= 11 is 1.78. The molecule has 0 saturated heterocycles. The number of rotatable bonds is 5. The molecule has 8 heteroatoms. The van der Waals surface area contributed by atoms with Gasteiger partial charge in [-0.25, -0.2) is 14.5 Å². The van der Waals surface area contributed by atoms with Crippen LogP contribution in [0.2, 0.25) is 0 Å². The lowest BCUT2D eigenvalue weighted by Crippen LogP contribution is -3.05. The van der Waals surface area contributed by atoms with Gasteiger partial charge >= 0.3 is 0 Å². The van der Waals surface area contributed by atoms with Crippen LogP contribution < -0.4 is 10.2 Å². The zero-order chi connectivity index (χ0) is 20.8. The van der Waals surface area contributed by atoms with E-state index < -0.39 is 0 Å². The van der Waals surface area contributed by atoms with E-state index in [1.54, 1.807) is 22.2 Å². The smallest absolute Gasteiger partial charge is 0.290 e. The van der Waals surface area contributed by atoms with Crippen LogP contribution in [0.25, 0.3) is 15.9 Å². The lowest BCUT2D eigenvalue weighted by molar-refractivity contribution is -0.858. The molecule has 2 N–H and O–H groups in total. The van der Waals surface area contributed by atoms with Gasteiger partial charge in [0.1, 0.15) is 11.2 Å². The van der Waals surface area contributed by atoms with Gasteiger partial charge in [0.15, 0.2) is 5.65 Å². The summed E-state index contributed by atoms with van der Waals surface area (Å²) in [6.07, 6.45) is 5.93. The van der Waals surface area contributed by atoms with Crippen molar-refractivity contribution in [3.05, 3.63) is 22.6 Å². The second-order valence-electron chi connectivity index (χ2n) is 9.50. The predicted octanol–water partition coefficient (Wildman–Crippen LogP) is 1.75. The molecule has 1 atom stereocenters. The minimum Gasteiger partial charge on any atom is -0.349 e. The van der Waals surface area contributed by atoms with Crippen molar-refractivity contribution in [3.63, 3.8) is 0 Å². The van der Waals surface area contributed by atoms with E-state index >= 15 is 0 Å². The lowest BCUT2D eigenvalue weighted by Gasteiger charge is -2.33. The van der Waals surface area contributed by atoms with Crippen LogP contribution in [0.4, 0.5) is 0 Å². The number of aromatic nitrogens is 4. The van der Waals surface area contributed by atoms with Crippen LogP contribution >= 0.6 is 11.3 Å². The van der Waals surface area contributed by atoms with Crippen LogP contribution in [-0.2, 0) is 12.8 Å². The normalized spacial score (nSPS) is 17.2. The summed E-state index contributed by atoms with van der Waals surface area (Å²) in [6, 6.07) is 0. The molecule has 7 nitrogen and oxygen atoms in total. The van der Waals surface area contributed by atoms with Crippen LogP contribution in [0.5, 0.6) is 0 Å². The number of thiophene rings is 1. The summed E-state index contributed by atoms with van der Waals surface area (Å²) in [5, 5.41) is 8.41. The summed E-state index contributed by atoms with van der Waals surface area (Å²) in [4.78, 5) is 25.5. The lowest BCUT2D eigenvalue weighted by atomic mass is 9.72. The number of amides is 1. The third kappa shape index (κ3) is 4.00. The monoisotopic (exact) mass is 415 g/mol. The molecule has 0 unspecified atom stereocenters. The number of nitrogens with zero attached hydrogens (tertiary/aromatic N) is 4. The van der Waals surface area contributed by atoms with Gasteiger partial charge in [-0.3, -0.25) is 4.79 Å². The number of quaternary nitrogens is 1. The van der Waals surface area contributed by atoms with Crippen molar-refractivity contribution in [2.45, 2.75) is 46.5 Å². The molecule has 0 aliphatic heterocycles. The topological polar surface area (TPSA) is 76.6 Å². The fourth-order valence-electron chi connectivity index (χ4n) is 4.13. The molecule has 1 aliphatic carbocycles. The minimum atomic E-state index is -0.215. The number of aryl methyl sites for hydroxylation is 1. The highest BCUT2D eigenvalue weighted by Crippen LogP contribution is 2.43. The minimum absolute atomic E-state index is 0.215. The molecule has 3 aromatic heterocycles. The van der Waals surface area contributed by atoms with Crippen LogP contribution in [0.1, 0.15) is 54.7 Å². The SMILES string of the molecule is C[NH+](C)CCCNC(=O)c1nc2c3c4c(sc3ncn2n1)C[C@H](C(C)(C)C)CC4. The van der Waals surface area contributed by atoms with E-state index in [9.17, 15) is 4.79 Å². The molecule has 0 aromatic carbocycles. The van der Waals surface area contributed by atoms with Gasteiger partial charge in [0.2, 0.25) is 5.82 Å². The fourth-order valence-corrected chi connectivity index (χ4v) is 5.39. The molecular formula is C21H31N6OS+. The van der Waals surface area contributed by atoms with Gasteiger partial charge in [-0.05, 0) is 36.2 Å². The van der Waals surface area contributed by atoms with Crippen molar-refractivity contribution in [1.29, 1.82) is 0 Å². The van der Waals surface area contributed by atoms with E-state index in [1.807, 2.05) is 0 Å². The fraction of sp³-hybridized carbons (Fsp3) is 0.619. The van der Waals surface area contributed by atoms with Crippen molar-refractivity contribution in [3.8, 4) is 0 Å². The summed E-state index contributed by atoms with van der Waals surface area (Å²) < 4.78 is 1.66. The third-order valence-electron chi connectivity index (χ3n) is 5.95. The molecule has 1 amide bonds. The quantitative estimate of drug-likeness (QED) is 0.623. The molecule has 1 aliphatic rings. The summed E-state index contributed by atoms with van der Waals surface area (Å²) in [7, 11) is 4.21. The van der Waals surface area contributed by atoms with Crippen LogP contribution in [0.3, 0.4) is 0 Å². The highest BCUT2D eigenvalue weighted by Gasteiger charge is 2.32. The van der Waals surface area contributed by atoms with E-state index in [-0.39, 0.29) is 11.7 Å². The van der Waals surface area contributed by atoms with E-state index in [0.29, 0.717) is 17.9 Å². The van der Waals surface area contributed by atoms with E-state index in [0.717, 1.165) is 41.7 Å². The highest BCUT2D eigenvalue weighted by molar-refractivity contribution is 7.19. The Bertz CT molecular complexity index is 1040. The molecule has 0 fully saturated rings. The second-order valence-corrected chi connectivity index (χ2v) is 10.6. The number of carbonyl (C=O) groups excluding carboxylic acids is 1. The van der Waals surface area contributed by atoms with Crippen molar-refractivity contribution in [2.24, 2.45) is 11.3 Å². The molecule has 3 aromatic rings. The Hall–Kier alpha value is -2.06. The van der Waals surface area contributed by atoms with E-state index in [1.165, 1.54) is 21.8 Å². The number of hydrogen-bond donors (Lipinski definition) is 2. The van der Waals surface area contributed by atoms with Gasteiger partial charge in [-0.15, -0.1) is 16.4 Å². The second kappa shape index (κ2) is 7.65. The van der Waals surface area contributed by atoms with Crippen LogP contribution in [-0.4, -0.2) is 52.7 Å². The van der Waals surface area contributed by atoms with Gasteiger partial charge in [0, 0.05) is 17.8 Å². The van der Waals surface area contributed by atoms with Gasteiger partial charge < -0.3 is 10.2 Å². The number of fused-ring (bicyclic) bond motifs is 5. The van der Waals surface area contributed by atoms with Gasteiger partial charge in [-0.2, -0.15) is 0 Å². The van der Waals surface area contributed by atoms with Gasteiger partial charge in [0.05, 0.1) is 26.0 Å². The largest absolute Gasteiger partial charge is 0.349 e. The van der Waals surface area contributed by atoms with E-state index in [2.05, 4.69) is 55.2 Å². The molecule has 0 bridgehead atoms. The molecule has 156 valence electrons. The zero-order valence-corrected chi connectivity index (χ0v) is 18.8. The first-order chi connectivity index (χ1) is 13.7. The van der Waals surface area contributed by atoms with Crippen molar-refractivity contribution >= 4 is 33.1 Å². The summed E-state index contributed by atoms with van der Waals surface area (Å²) in [5.74, 6) is 0.689. The average molecular weight is 416 g/mol. The van der Waals surface area contributed by atoms with Crippen molar-refractivity contribution < 1.29 is 9.69 Å². The molecule has 0 saturated carbocycles. The molecule has 4 rings (SSSR count). The maximum atomic E-state index is 12.5. The Morgan fingerprint density at radius 3 is 2.90 bits per heavy atom. The maximum absolute atomic E-state index is 12.5. The molecule has 0 radical (unpaired) electrons. The molecule has 0 spiro atoms. The standard InChI is InChI=1S/C21H30N6OS/c1-21(2,3)13-7-8-14-15(11-13)29-20-16(14)18-24-17(25-27(18)12-23-20)19(28)22-9-6-10-26(4)5/h12-13H,6-11H2,1-5H3,(H,22,28)/p+1/t13-/m1/s1. The van der Waals surface area contributed by atoms with E-state index in [4.69, 9.17) is 0 Å². The number of nitrogens with one attached hydrogen (secondary N) is 2. The van der Waals surface area contributed by atoms with Crippen molar-refractivity contribution in [2.75, 3.05) is 27.2 Å². The maximum Gasteiger partial charge on any atom is 0.290 e. The van der Waals surface area contributed by atoms with Crippen LogP contribution in [0.15, 0.2) is 6.33 Å². The van der Waals surface area contributed by atoms with Gasteiger partial charge in [-0.1, -0.05) is 20.8 Å². The first kappa shape index (κ1) is 20.2. The number of carbonyl (C=O) groups is 1. The Morgan fingerprint density at radius 1 is 1.38 bits per heavy atom. The third-order valence-corrected chi connectivity index (χ3v) is 7.12. The Balaban J connectivity index is 1.61. The number of hydrogen-bond acceptors (Lipinski definition) is 5. The molecule has 29 heavy (non-hydrogen) atoms. The Morgan fingerprint density at radius 2 is 2.17 bits per heavy atom.